The molecule has 2 amide bonds. The van der Waals surface area contributed by atoms with Crippen LogP contribution in [0.1, 0.15) is 35.4 Å². The highest BCUT2D eigenvalue weighted by Gasteiger charge is 2.32. The van der Waals surface area contributed by atoms with Gasteiger partial charge in [-0.15, -0.1) is 0 Å². The van der Waals surface area contributed by atoms with Gasteiger partial charge < -0.3 is 30.0 Å². The van der Waals surface area contributed by atoms with Gasteiger partial charge in [0.05, 0.1) is 20.0 Å². The molecule has 0 aromatic heterocycles. The molecule has 0 heterocycles. The molecular formula is C31H30N2O9. The number of ether oxygens (including phenoxy) is 3. The van der Waals surface area contributed by atoms with Crippen molar-refractivity contribution < 1.29 is 43.3 Å². The minimum absolute atomic E-state index is 0.0489. The maximum absolute atomic E-state index is 13.1. The van der Waals surface area contributed by atoms with E-state index in [9.17, 15) is 29.1 Å². The molecule has 0 bridgehead atoms. The number of carboxylic acid groups (broad SMARTS) is 1. The summed E-state index contributed by atoms with van der Waals surface area (Å²) in [4.78, 5) is 61.8. The first-order valence-corrected chi connectivity index (χ1v) is 13.2. The van der Waals surface area contributed by atoms with E-state index >= 15 is 0 Å². The molecule has 1 aliphatic carbocycles. The van der Waals surface area contributed by atoms with Crippen LogP contribution in [0.4, 0.5) is 4.79 Å². The second kappa shape index (κ2) is 13.9. The zero-order valence-electron chi connectivity index (χ0n) is 22.8. The first-order valence-electron chi connectivity index (χ1n) is 13.2. The summed E-state index contributed by atoms with van der Waals surface area (Å²) in [7, 11) is 1.08. The highest BCUT2D eigenvalue weighted by atomic mass is 16.6. The van der Waals surface area contributed by atoms with Crippen LogP contribution in [-0.4, -0.2) is 60.8 Å². The first kappa shape index (κ1) is 29.8. The molecule has 3 aromatic rings. The molecule has 2 atom stereocenters. The molecule has 0 saturated heterocycles. The largest absolute Gasteiger partial charge is 0.480 e. The third kappa shape index (κ3) is 7.51. The van der Waals surface area contributed by atoms with Crippen molar-refractivity contribution in [3.05, 3.63) is 95.6 Å². The number of aliphatic carboxylic acids is 1. The van der Waals surface area contributed by atoms with Gasteiger partial charge in [-0.05, 0) is 27.8 Å². The van der Waals surface area contributed by atoms with Crippen molar-refractivity contribution in [2.45, 2.75) is 37.5 Å². The van der Waals surface area contributed by atoms with Gasteiger partial charge >= 0.3 is 24.0 Å². The van der Waals surface area contributed by atoms with Gasteiger partial charge in [-0.2, -0.15) is 0 Å². The van der Waals surface area contributed by atoms with Crippen LogP contribution in [0.25, 0.3) is 11.1 Å². The third-order valence-electron chi connectivity index (χ3n) is 6.78. The fraction of sp³-hybridized carbons (Fsp3) is 0.258. The lowest BCUT2D eigenvalue weighted by Crippen LogP contribution is -2.53. The van der Waals surface area contributed by atoms with Crippen LogP contribution in [0.3, 0.4) is 0 Å². The Labute approximate surface area is 241 Å². The van der Waals surface area contributed by atoms with Gasteiger partial charge in [-0.1, -0.05) is 78.9 Å². The normalized spacial score (nSPS) is 13.1. The maximum atomic E-state index is 13.1. The van der Waals surface area contributed by atoms with Gasteiger partial charge in [0, 0.05) is 5.92 Å². The number of fused-ring (bicyclic) bond motifs is 3. The third-order valence-corrected chi connectivity index (χ3v) is 6.78. The van der Waals surface area contributed by atoms with Gasteiger partial charge in [0.2, 0.25) is 5.91 Å². The summed E-state index contributed by atoms with van der Waals surface area (Å²) < 4.78 is 15.2. The highest BCUT2D eigenvalue weighted by molar-refractivity contribution is 5.93. The molecule has 3 N–H and O–H groups in total. The van der Waals surface area contributed by atoms with Gasteiger partial charge in [-0.25, -0.2) is 9.59 Å². The lowest BCUT2D eigenvalue weighted by atomic mass is 9.98. The van der Waals surface area contributed by atoms with Crippen molar-refractivity contribution in [1.82, 2.24) is 10.6 Å². The maximum Gasteiger partial charge on any atom is 0.407 e. The van der Waals surface area contributed by atoms with Crippen LogP contribution in [0, 0.1) is 0 Å². The van der Waals surface area contributed by atoms with E-state index in [0.717, 1.165) is 29.4 Å². The first-order chi connectivity index (χ1) is 20.3. The number of hydrogen-bond donors (Lipinski definition) is 3. The summed E-state index contributed by atoms with van der Waals surface area (Å²) >= 11 is 0. The van der Waals surface area contributed by atoms with E-state index in [2.05, 4.69) is 15.4 Å². The number of amides is 2. The molecule has 3 aromatic carbocycles. The summed E-state index contributed by atoms with van der Waals surface area (Å²) in [6, 6.07) is 21.2. The molecule has 218 valence electrons. The Morgan fingerprint density at radius 2 is 1.31 bits per heavy atom. The topological polar surface area (TPSA) is 157 Å². The van der Waals surface area contributed by atoms with Crippen LogP contribution < -0.4 is 10.6 Å². The van der Waals surface area contributed by atoms with E-state index in [1.807, 2.05) is 48.5 Å². The van der Waals surface area contributed by atoms with E-state index in [4.69, 9.17) is 9.47 Å². The lowest BCUT2D eigenvalue weighted by molar-refractivity contribution is -0.150. The van der Waals surface area contributed by atoms with Crippen LogP contribution in [0.2, 0.25) is 0 Å². The quantitative estimate of drug-likeness (QED) is 0.218. The second-order valence-electron chi connectivity index (χ2n) is 9.55. The van der Waals surface area contributed by atoms with Crippen molar-refractivity contribution in [2.24, 2.45) is 0 Å². The molecular weight excluding hydrogens is 544 g/mol. The average molecular weight is 575 g/mol. The van der Waals surface area contributed by atoms with Crippen LogP contribution in [-0.2, 0) is 40.0 Å². The molecule has 0 saturated carbocycles. The fourth-order valence-corrected chi connectivity index (χ4v) is 4.68. The van der Waals surface area contributed by atoms with E-state index in [1.54, 1.807) is 30.3 Å². The zero-order valence-corrected chi connectivity index (χ0v) is 22.8. The molecule has 4 rings (SSSR count). The minimum Gasteiger partial charge on any atom is -0.480 e. The Balaban J connectivity index is 1.44. The molecule has 42 heavy (non-hydrogen) atoms. The van der Waals surface area contributed by atoms with Crippen LogP contribution >= 0.6 is 0 Å². The summed E-state index contributed by atoms with van der Waals surface area (Å²) in [6.45, 7) is -0.119. The molecule has 0 unspecified atom stereocenters. The molecule has 11 nitrogen and oxygen atoms in total. The number of carbonyl (C=O) groups excluding carboxylic acids is 4. The average Bonchev–Trinajstić information content (AvgIpc) is 3.32. The van der Waals surface area contributed by atoms with E-state index < -0.39 is 54.8 Å². The molecule has 0 aliphatic heterocycles. The van der Waals surface area contributed by atoms with E-state index in [-0.39, 0.29) is 19.1 Å². The molecule has 0 radical (unpaired) electrons. The molecule has 1 aliphatic rings. The molecule has 0 fully saturated rings. The van der Waals surface area contributed by atoms with Gasteiger partial charge in [0.1, 0.15) is 25.3 Å². The smallest absolute Gasteiger partial charge is 0.407 e. The standard InChI is InChI=1S/C31H30N2O9/c1-40-27(34)16-26(30(37)38)32-29(36)25(15-28(35)41-17-19-9-3-2-4-10-19)33-31(39)42-18-24-22-13-7-5-11-20(22)21-12-6-8-14-23(21)24/h2-14,24-26H,15-18H2,1H3,(H,32,36)(H,33,39)(H,37,38)/t25-,26+/m0/s1. The number of carboxylic acids is 1. The SMILES string of the molecule is COC(=O)C[C@@H](NC(=O)[C@H](CC(=O)OCc1ccccc1)NC(=O)OCC1c2ccccc2-c2ccccc21)C(=O)O. The summed E-state index contributed by atoms with van der Waals surface area (Å²) in [6.07, 6.45) is -2.27. The number of esters is 2. The van der Waals surface area contributed by atoms with Crippen molar-refractivity contribution in [3.63, 3.8) is 0 Å². The van der Waals surface area contributed by atoms with Gasteiger partial charge in [0.15, 0.2) is 0 Å². The Morgan fingerprint density at radius 3 is 1.90 bits per heavy atom. The predicted octanol–water partition coefficient (Wildman–Crippen LogP) is 3.16. The van der Waals surface area contributed by atoms with Crippen LogP contribution in [0.5, 0.6) is 0 Å². The van der Waals surface area contributed by atoms with Gasteiger partial charge in [0.25, 0.3) is 0 Å². The highest BCUT2D eigenvalue weighted by Crippen LogP contribution is 2.44. The number of rotatable bonds is 12. The number of nitrogens with one attached hydrogen (secondary N) is 2. The van der Waals surface area contributed by atoms with Crippen LogP contribution in [0.15, 0.2) is 78.9 Å². The minimum atomic E-state index is -1.66. The number of benzene rings is 3. The fourth-order valence-electron chi connectivity index (χ4n) is 4.68. The van der Waals surface area contributed by atoms with E-state index in [1.165, 1.54) is 0 Å². The van der Waals surface area contributed by atoms with Crippen molar-refractivity contribution in [1.29, 1.82) is 0 Å². The summed E-state index contributed by atoms with van der Waals surface area (Å²) in [5.74, 6) is -4.46. The number of methoxy groups -OCH3 is 1. The van der Waals surface area contributed by atoms with Crippen molar-refractivity contribution in [2.75, 3.05) is 13.7 Å². The Kier molecular flexibility index (Phi) is 9.88. The molecule has 0 spiro atoms. The van der Waals surface area contributed by atoms with Gasteiger partial charge in [-0.3, -0.25) is 14.4 Å². The van der Waals surface area contributed by atoms with Crippen molar-refractivity contribution >= 4 is 29.9 Å². The number of carbonyl (C=O) groups is 5. The summed E-state index contributed by atoms with van der Waals surface area (Å²) in [5, 5.41) is 14.0. The van der Waals surface area contributed by atoms with E-state index in [0.29, 0.717) is 5.56 Å². The summed E-state index contributed by atoms with van der Waals surface area (Å²) in [5.41, 5.74) is 4.74. The lowest BCUT2D eigenvalue weighted by Gasteiger charge is -2.21. The molecule has 11 heteroatoms. The Bertz CT molecular complexity index is 1410. The van der Waals surface area contributed by atoms with Crippen molar-refractivity contribution in [3.8, 4) is 11.1 Å². The predicted molar refractivity (Wildman–Crippen MR) is 149 cm³/mol. The zero-order chi connectivity index (χ0) is 30.1. The Morgan fingerprint density at radius 1 is 0.738 bits per heavy atom. The number of hydrogen-bond acceptors (Lipinski definition) is 8. The Hall–Kier alpha value is -5.19. The second-order valence-corrected chi connectivity index (χ2v) is 9.55. The monoisotopic (exact) mass is 574 g/mol. The number of alkyl carbamates (subject to hydrolysis) is 1.